The molecule has 0 bridgehead atoms. The lowest BCUT2D eigenvalue weighted by Gasteiger charge is -2.29. The average molecular weight is 343 g/mol. The van der Waals surface area contributed by atoms with Gasteiger partial charge in [-0.1, -0.05) is 13.3 Å². The maximum Gasteiger partial charge on any atom is 0.0767 e. The van der Waals surface area contributed by atoms with Crippen molar-refractivity contribution in [3.63, 3.8) is 0 Å². The minimum atomic E-state index is 0.514. The standard InChI is InChI=1S/C15H27BrN4/c1-4-13-15(16)14(19(3)18-13)10-17-12(2)11-20-8-6-5-7-9-20/h12,17H,4-11H2,1-3H3. The van der Waals surface area contributed by atoms with Crippen molar-refractivity contribution in [2.45, 2.75) is 52.1 Å². The van der Waals surface area contributed by atoms with Crippen LogP contribution in [0.3, 0.4) is 0 Å². The zero-order chi connectivity index (χ0) is 14.5. The first-order chi connectivity index (χ1) is 9.61. The number of aromatic nitrogens is 2. The third-order valence-electron chi connectivity index (χ3n) is 4.10. The molecule has 1 aromatic heterocycles. The van der Waals surface area contributed by atoms with E-state index >= 15 is 0 Å². The van der Waals surface area contributed by atoms with Crippen LogP contribution in [0, 0.1) is 0 Å². The molecule has 0 saturated carbocycles. The second-order valence-corrected chi connectivity index (χ2v) is 6.62. The summed E-state index contributed by atoms with van der Waals surface area (Å²) < 4.78 is 3.16. The van der Waals surface area contributed by atoms with Gasteiger partial charge < -0.3 is 10.2 Å². The summed E-state index contributed by atoms with van der Waals surface area (Å²) in [5, 5.41) is 8.17. The van der Waals surface area contributed by atoms with Gasteiger partial charge in [0, 0.05) is 26.2 Å². The summed E-state index contributed by atoms with van der Waals surface area (Å²) in [6.45, 7) is 8.97. The van der Waals surface area contributed by atoms with Crippen LogP contribution in [-0.2, 0) is 20.0 Å². The summed E-state index contributed by atoms with van der Waals surface area (Å²) >= 11 is 3.68. The van der Waals surface area contributed by atoms with E-state index in [1.807, 2.05) is 11.7 Å². The lowest BCUT2D eigenvalue weighted by molar-refractivity contribution is 0.208. The van der Waals surface area contributed by atoms with Crippen LogP contribution in [0.4, 0.5) is 0 Å². The molecule has 0 spiro atoms. The molecule has 1 aliphatic heterocycles. The molecule has 114 valence electrons. The van der Waals surface area contributed by atoms with Crippen LogP contribution in [0.5, 0.6) is 0 Å². The molecule has 0 aliphatic carbocycles. The van der Waals surface area contributed by atoms with Gasteiger partial charge in [0.25, 0.3) is 0 Å². The number of rotatable bonds is 6. The highest BCUT2D eigenvalue weighted by molar-refractivity contribution is 9.10. The van der Waals surface area contributed by atoms with Gasteiger partial charge in [0.2, 0.25) is 0 Å². The van der Waals surface area contributed by atoms with Crippen molar-refractivity contribution in [3.8, 4) is 0 Å². The number of piperidine rings is 1. The maximum atomic E-state index is 4.54. The van der Waals surface area contributed by atoms with Gasteiger partial charge in [0.05, 0.1) is 15.9 Å². The SMILES string of the molecule is CCc1nn(C)c(CNC(C)CN2CCCCC2)c1Br. The van der Waals surface area contributed by atoms with E-state index in [-0.39, 0.29) is 0 Å². The molecule has 1 saturated heterocycles. The van der Waals surface area contributed by atoms with Crippen LogP contribution in [0.1, 0.15) is 44.5 Å². The molecule has 20 heavy (non-hydrogen) atoms. The normalized spacial score (nSPS) is 18.4. The average Bonchev–Trinajstić information content (AvgIpc) is 2.72. The topological polar surface area (TPSA) is 33.1 Å². The van der Waals surface area contributed by atoms with Crippen molar-refractivity contribution in [2.75, 3.05) is 19.6 Å². The van der Waals surface area contributed by atoms with Gasteiger partial charge in [-0.2, -0.15) is 5.10 Å². The highest BCUT2D eigenvalue weighted by Gasteiger charge is 2.15. The van der Waals surface area contributed by atoms with E-state index in [2.05, 4.69) is 45.1 Å². The van der Waals surface area contributed by atoms with Crippen LogP contribution in [0.2, 0.25) is 0 Å². The fourth-order valence-corrected chi connectivity index (χ4v) is 3.63. The van der Waals surface area contributed by atoms with Crippen LogP contribution in [-0.4, -0.2) is 40.4 Å². The Morgan fingerprint density at radius 3 is 2.60 bits per heavy atom. The van der Waals surface area contributed by atoms with E-state index in [9.17, 15) is 0 Å². The molecule has 2 rings (SSSR count). The zero-order valence-electron chi connectivity index (χ0n) is 13.0. The van der Waals surface area contributed by atoms with Crippen molar-refractivity contribution in [1.29, 1.82) is 0 Å². The first-order valence-electron chi connectivity index (χ1n) is 7.77. The molecular weight excluding hydrogens is 316 g/mol. The van der Waals surface area contributed by atoms with Gasteiger partial charge in [0.1, 0.15) is 0 Å². The lowest BCUT2D eigenvalue weighted by atomic mass is 10.1. The molecule has 0 amide bonds. The number of hydrogen-bond acceptors (Lipinski definition) is 3. The third kappa shape index (κ3) is 4.06. The minimum absolute atomic E-state index is 0.514. The quantitative estimate of drug-likeness (QED) is 0.862. The van der Waals surface area contributed by atoms with Gasteiger partial charge >= 0.3 is 0 Å². The van der Waals surface area contributed by atoms with Crippen molar-refractivity contribution in [1.82, 2.24) is 20.0 Å². The Bertz CT molecular complexity index is 424. The van der Waals surface area contributed by atoms with E-state index in [4.69, 9.17) is 0 Å². The Morgan fingerprint density at radius 1 is 1.30 bits per heavy atom. The van der Waals surface area contributed by atoms with Gasteiger partial charge in [0.15, 0.2) is 0 Å². The highest BCUT2D eigenvalue weighted by Crippen LogP contribution is 2.21. The van der Waals surface area contributed by atoms with Crippen LogP contribution in [0.25, 0.3) is 0 Å². The number of halogens is 1. The predicted molar refractivity (Wildman–Crippen MR) is 86.9 cm³/mol. The number of hydrogen-bond donors (Lipinski definition) is 1. The van der Waals surface area contributed by atoms with Gasteiger partial charge in [-0.3, -0.25) is 4.68 Å². The van der Waals surface area contributed by atoms with Crippen molar-refractivity contribution in [3.05, 3.63) is 15.9 Å². The van der Waals surface area contributed by atoms with Crippen molar-refractivity contribution < 1.29 is 0 Å². The van der Waals surface area contributed by atoms with Crippen LogP contribution in [0.15, 0.2) is 4.47 Å². The Hall–Kier alpha value is -0.390. The Balaban J connectivity index is 1.83. The summed E-state index contributed by atoms with van der Waals surface area (Å²) in [7, 11) is 2.02. The number of likely N-dealkylation sites (tertiary alicyclic amines) is 1. The number of nitrogens with one attached hydrogen (secondary N) is 1. The molecule has 1 aromatic rings. The molecule has 1 atom stereocenters. The Labute approximate surface area is 131 Å². The lowest BCUT2D eigenvalue weighted by Crippen LogP contribution is -2.41. The largest absolute Gasteiger partial charge is 0.307 e. The molecule has 1 unspecified atom stereocenters. The number of nitrogens with zero attached hydrogens (tertiary/aromatic N) is 3. The highest BCUT2D eigenvalue weighted by atomic mass is 79.9. The summed E-state index contributed by atoms with van der Waals surface area (Å²) in [4.78, 5) is 2.58. The molecule has 4 nitrogen and oxygen atoms in total. The van der Waals surface area contributed by atoms with E-state index in [0.717, 1.165) is 25.2 Å². The van der Waals surface area contributed by atoms with Crippen LogP contribution >= 0.6 is 15.9 Å². The fourth-order valence-electron chi connectivity index (χ4n) is 2.88. The van der Waals surface area contributed by atoms with Gasteiger partial charge in [-0.25, -0.2) is 0 Å². The van der Waals surface area contributed by atoms with Crippen molar-refractivity contribution >= 4 is 15.9 Å². The Morgan fingerprint density at radius 2 is 2.00 bits per heavy atom. The summed E-state index contributed by atoms with van der Waals surface area (Å²) in [5.74, 6) is 0. The molecular formula is C15H27BrN4. The van der Waals surface area contributed by atoms with E-state index < -0.39 is 0 Å². The predicted octanol–water partition coefficient (Wildman–Crippen LogP) is 2.71. The first kappa shape index (κ1) is 16.0. The first-order valence-corrected chi connectivity index (χ1v) is 8.57. The van der Waals surface area contributed by atoms with Gasteiger partial charge in [-0.05, 0) is 55.2 Å². The summed E-state index contributed by atoms with van der Waals surface area (Å²) in [5.41, 5.74) is 2.39. The molecule has 1 N–H and O–H groups in total. The second-order valence-electron chi connectivity index (χ2n) is 5.83. The minimum Gasteiger partial charge on any atom is -0.307 e. The van der Waals surface area contributed by atoms with Crippen LogP contribution < -0.4 is 5.32 Å². The van der Waals surface area contributed by atoms with E-state index in [1.54, 1.807) is 0 Å². The fraction of sp³-hybridized carbons (Fsp3) is 0.800. The molecule has 5 heteroatoms. The second kappa shape index (κ2) is 7.57. The summed E-state index contributed by atoms with van der Waals surface area (Å²) in [6, 6.07) is 0.514. The molecule has 1 fully saturated rings. The molecule has 2 heterocycles. The number of aryl methyl sites for hydroxylation is 2. The summed E-state index contributed by atoms with van der Waals surface area (Å²) in [6.07, 6.45) is 5.09. The smallest absolute Gasteiger partial charge is 0.0767 e. The molecule has 0 radical (unpaired) electrons. The maximum absolute atomic E-state index is 4.54. The molecule has 1 aliphatic rings. The van der Waals surface area contributed by atoms with Crippen molar-refractivity contribution in [2.24, 2.45) is 7.05 Å². The zero-order valence-corrected chi connectivity index (χ0v) is 14.5. The molecule has 0 aromatic carbocycles. The van der Waals surface area contributed by atoms with E-state index in [1.165, 1.54) is 42.5 Å². The third-order valence-corrected chi connectivity index (χ3v) is 5.02. The Kier molecular flexibility index (Phi) is 6.05. The van der Waals surface area contributed by atoms with Gasteiger partial charge in [-0.15, -0.1) is 0 Å². The monoisotopic (exact) mass is 342 g/mol. The van der Waals surface area contributed by atoms with E-state index in [0.29, 0.717) is 6.04 Å².